The molecule has 112 valence electrons. The van der Waals surface area contributed by atoms with Gasteiger partial charge in [0.1, 0.15) is 12.2 Å². The first-order valence-corrected chi connectivity index (χ1v) is 7.40. The van der Waals surface area contributed by atoms with Crippen LogP contribution in [0, 0.1) is 6.92 Å². The van der Waals surface area contributed by atoms with Gasteiger partial charge >= 0.3 is 0 Å². The zero-order chi connectivity index (χ0) is 14.7. The minimum absolute atomic E-state index is 0.0653. The predicted molar refractivity (Wildman–Crippen MR) is 77.2 cm³/mol. The molecule has 0 aromatic carbocycles. The molecule has 0 unspecified atom stereocenters. The van der Waals surface area contributed by atoms with Gasteiger partial charge in [0.05, 0.1) is 6.04 Å². The van der Waals surface area contributed by atoms with Crippen LogP contribution >= 0.6 is 0 Å². The van der Waals surface area contributed by atoms with E-state index in [1.165, 1.54) is 12.8 Å². The Kier molecular flexibility index (Phi) is 4.75. The Hall–Kier alpha value is -1.43. The number of aromatic nitrogens is 3. The molecule has 2 rings (SSSR count). The van der Waals surface area contributed by atoms with Crippen molar-refractivity contribution in [3.05, 3.63) is 12.2 Å². The summed E-state index contributed by atoms with van der Waals surface area (Å²) in [5.74, 6) is 0.977. The molecule has 1 N–H and O–H groups in total. The van der Waals surface area contributed by atoms with Crippen molar-refractivity contribution in [2.45, 2.75) is 65.2 Å². The van der Waals surface area contributed by atoms with Crippen LogP contribution in [0.2, 0.25) is 0 Å². The van der Waals surface area contributed by atoms with Crippen molar-refractivity contribution in [2.24, 2.45) is 0 Å². The highest BCUT2D eigenvalue weighted by molar-refractivity contribution is 5.81. The number of hydrogen-bond acceptors (Lipinski definition) is 4. The number of amides is 1. The number of likely N-dealkylation sites (tertiary alicyclic amines) is 1. The summed E-state index contributed by atoms with van der Waals surface area (Å²) >= 11 is 0. The molecule has 0 aliphatic carbocycles. The van der Waals surface area contributed by atoms with E-state index in [0.29, 0.717) is 25.2 Å². The summed E-state index contributed by atoms with van der Waals surface area (Å²) < 4.78 is 1.94. The van der Waals surface area contributed by atoms with Gasteiger partial charge in [0.15, 0.2) is 0 Å². The minimum Gasteiger partial charge on any atom is -0.353 e. The highest BCUT2D eigenvalue weighted by Crippen LogP contribution is 2.25. The summed E-state index contributed by atoms with van der Waals surface area (Å²) in [6.45, 7) is 9.63. The molecule has 6 nitrogen and oxygen atoms in total. The minimum atomic E-state index is -0.0653. The van der Waals surface area contributed by atoms with Gasteiger partial charge in [0.25, 0.3) is 0 Å². The van der Waals surface area contributed by atoms with Crippen molar-refractivity contribution in [1.82, 2.24) is 25.0 Å². The Morgan fingerprint density at radius 1 is 1.45 bits per heavy atom. The fourth-order valence-electron chi connectivity index (χ4n) is 3.09. The van der Waals surface area contributed by atoms with Gasteiger partial charge < -0.3 is 9.88 Å². The molecular formula is C14H25N5O. The van der Waals surface area contributed by atoms with E-state index >= 15 is 0 Å². The molecule has 0 saturated carbocycles. The number of carbonyl (C=O) groups is 1. The summed E-state index contributed by atoms with van der Waals surface area (Å²) in [7, 11) is 0. The fraction of sp³-hybridized carbons (Fsp3) is 0.786. The largest absolute Gasteiger partial charge is 0.353 e. The highest BCUT2D eigenvalue weighted by Gasteiger charge is 2.34. The smallest absolute Gasteiger partial charge is 0.237 e. The quantitative estimate of drug-likeness (QED) is 0.872. The van der Waals surface area contributed by atoms with Crippen LogP contribution in [0.1, 0.15) is 39.4 Å². The van der Waals surface area contributed by atoms with E-state index in [9.17, 15) is 4.79 Å². The molecule has 1 aromatic rings. The standard InChI is InChI=1S/C14H25N5O/c1-10-5-6-11(2)19(10)12(3)14(20)15-7-8-18-9-16-17-13(18)4/h9-12H,5-8H2,1-4H3,(H,15,20)/t10-,11-,12-/m0/s1. The van der Waals surface area contributed by atoms with Gasteiger partial charge in [-0.3, -0.25) is 9.69 Å². The molecule has 1 saturated heterocycles. The molecule has 3 atom stereocenters. The lowest BCUT2D eigenvalue weighted by molar-refractivity contribution is -0.126. The summed E-state index contributed by atoms with van der Waals surface area (Å²) in [5, 5.41) is 10.8. The summed E-state index contributed by atoms with van der Waals surface area (Å²) in [5.41, 5.74) is 0. The van der Waals surface area contributed by atoms with Crippen LogP contribution in [0.25, 0.3) is 0 Å². The molecule has 2 heterocycles. The molecule has 1 aromatic heterocycles. The van der Waals surface area contributed by atoms with E-state index in [1.54, 1.807) is 6.33 Å². The monoisotopic (exact) mass is 279 g/mol. The van der Waals surface area contributed by atoms with Gasteiger partial charge in [0, 0.05) is 25.2 Å². The van der Waals surface area contributed by atoms with Crippen molar-refractivity contribution in [1.29, 1.82) is 0 Å². The summed E-state index contributed by atoms with van der Waals surface area (Å²) in [4.78, 5) is 14.6. The average molecular weight is 279 g/mol. The maximum absolute atomic E-state index is 12.2. The van der Waals surface area contributed by atoms with Crippen LogP contribution in [0.4, 0.5) is 0 Å². The molecule has 0 bridgehead atoms. The predicted octanol–water partition coefficient (Wildman–Crippen LogP) is 0.964. The van der Waals surface area contributed by atoms with Crippen LogP contribution in [0.5, 0.6) is 0 Å². The van der Waals surface area contributed by atoms with Crippen molar-refractivity contribution in [3.8, 4) is 0 Å². The third kappa shape index (κ3) is 3.17. The Labute approximate surface area is 120 Å². The zero-order valence-corrected chi connectivity index (χ0v) is 12.8. The lowest BCUT2D eigenvalue weighted by atomic mass is 10.2. The Morgan fingerprint density at radius 2 is 2.10 bits per heavy atom. The molecule has 0 spiro atoms. The summed E-state index contributed by atoms with van der Waals surface area (Å²) in [6, 6.07) is 0.918. The maximum atomic E-state index is 12.2. The second-order valence-corrected chi connectivity index (χ2v) is 5.76. The number of hydrogen-bond donors (Lipinski definition) is 1. The van der Waals surface area contributed by atoms with Gasteiger partial charge in [-0.2, -0.15) is 0 Å². The molecule has 1 fully saturated rings. The van der Waals surface area contributed by atoms with Gasteiger partial charge in [0.2, 0.25) is 5.91 Å². The summed E-state index contributed by atoms with van der Waals surface area (Å²) in [6.07, 6.45) is 4.05. The van der Waals surface area contributed by atoms with E-state index in [-0.39, 0.29) is 11.9 Å². The third-order valence-corrected chi connectivity index (χ3v) is 4.31. The van der Waals surface area contributed by atoms with Crippen LogP contribution in [0.3, 0.4) is 0 Å². The van der Waals surface area contributed by atoms with Gasteiger partial charge in [-0.1, -0.05) is 0 Å². The molecule has 0 radical (unpaired) electrons. The first-order chi connectivity index (χ1) is 9.50. The number of nitrogens with one attached hydrogen (secondary N) is 1. The van der Waals surface area contributed by atoms with Crippen molar-refractivity contribution >= 4 is 5.91 Å². The normalized spacial score (nSPS) is 24.8. The van der Waals surface area contributed by atoms with E-state index < -0.39 is 0 Å². The molecule has 1 aliphatic rings. The second-order valence-electron chi connectivity index (χ2n) is 5.76. The van der Waals surface area contributed by atoms with E-state index in [4.69, 9.17) is 0 Å². The van der Waals surface area contributed by atoms with E-state index in [1.807, 2.05) is 18.4 Å². The first kappa shape index (κ1) is 15.0. The van der Waals surface area contributed by atoms with Crippen molar-refractivity contribution in [3.63, 3.8) is 0 Å². The lowest BCUT2D eigenvalue weighted by Crippen LogP contribution is -2.49. The van der Waals surface area contributed by atoms with Gasteiger partial charge in [-0.25, -0.2) is 0 Å². The number of nitrogens with zero attached hydrogens (tertiary/aromatic N) is 4. The van der Waals surface area contributed by atoms with E-state index in [2.05, 4.69) is 34.3 Å². The Balaban J connectivity index is 1.81. The number of aryl methyl sites for hydroxylation is 1. The van der Waals surface area contributed by atoms with Gasteiger partial charge in [-0.15, -0.1) is 10.2 Å². The molecule has 20 heavy (non-hydrogen) atoms. The topological polar surface area (TPSA) is 63.1 Å². The first-order valence-electron chi connectivity index (χ1n) is 7.40. The van der Waals surface area contributed by atoms with E-state index in [0.717, 1.165) is 5.82 Å². The number of rotatable bonds is 5. The van der Waals surface area contributed by atoms with Gasteiger partial charge in [-0.05, 0) is 40.5 Å². The lowest BCUT2D eigenvalue weighted by Gasteiger charge is -2.31. The third-order valence-electron chi connectivity index (χ3n) is 4.31. The van der Waals surface area contributed by atoms with Crippen molar-refractivity contribution in [2.75, 3.05) is 6.54 Å². The van der Waals surface area contributed by atoms with Crippen LogP contribution in [-0.4, -0.2) is 50.2 Å². The molecule has 1 aliphatic heterocycles. The average Bonchev–Trinajstić information content (AvgIpc) is 2.96. The molecule has 6 heteroatoms. The Bertz CT molecular complexity index is 448. The van der Waals surface area contributed by atoms with Crippen LogP contribution in [-0.2, 0) is 11.3 Å². The zero-order valence-electron chi connectivity index (χ0n) is 12.8. The molecule has 1 amide bonds. The second kappa shape index (κ2) is 6.35. The SMILES string of the molecule is Cc1nncn1CCNC(=O)[C@H](C)N1[C@@H](C)CC[C@@H]1C. The highest BCUT2D eigenvalue weighted by atomic mass is 16.2. The van der Waals surface area contributed by atoms with Crippen LogP contribution < -0.4 is 5.32 Å². The molecular weight excluding hydrogens is 254 g/mol. The van der Waals surface area contributed by atoms with Crippen LogP contribution in [0.15, 0.2) is 6.33 Å². The van der Waals surface area contributed by atoms with Crippen molar-refractivity contribution < 1.29 is 4.79 Å². The number of carbonyl (C=O) groups excluding carboxylic acids is 1. The fourth-order valence-corrected chi connectivity index (χ4v) is 3.09. The Morgan fingerprint density at radius 3 is 2.65 bits per heavy atom. The maximum Gasteiger partial charge on any atom is 0.237 e.